The molecule has 7 heteroatoms. The van der Waals surface area contributed by atoms with E-state index in [2.05, 4.69) is 5.32 Å². The lowest BCUT2D eigenvalue weighted by Crippen LogP contribution is -2.43. The first kappa shape index (κ1) is 13.0. The Morgan fingerprint density at radius 3 is 2.56 bits per heavy atom. The Morgan fingerprint density at radius 1 is 1.31 bits per heavy atom. The molecule has 0 aliphatic carbocycles. The molecule has 0 radical (unpaired) electrons. The fourth-order valence-corrected chi connectivity index (χ4v) is 3.48. The Labute approximate surface area is 93.9 Å². The van der Waals surface area contributed by atoms with Gasteiger partial charge in [-0.05, 0) is 12.8 Å². The van der Waals surface area contributed by atoms with E-state index in [0.717, 1.165) is 6.42 Å². The van der Waals surface area contributed by atoms with E-state index < -0.39 is 27.0 Å². The van der Waals surface area contributed by atoms with Gasteiger partial charge in [0.2, 0.25) is 5.91 Å². The number of aliphatic carboxylic acids is 1. The van der Waals surface area contributed by atoms with Crippen LogP contribution in [0.15, 0.2) is 0 Å². The summed E-state index contributed by atoms with van der Waals surface area (Å²) >= 11 is 0. The normalized spacial score (nSPS) is 23.6. The smallest absolute Gasteiger partial charge is 0.305 e. The van der Waals surface area contributed by atoms with Crippen LogP contribution in [0, 0.1) is 0 Å². The average molecular weight is 249 g/mol. The summed E-state index contributed by atoms with van der Waals surface area (Å²) in [5, 5.41) is 9.72. The van der Waals surface area contributed by atoms with E-state index in [4.69, 9.17) is 5.11 Å². The lowest BCUT2D eigenvalue weighted by atomic mass is 10.2. The minimum absolute atomic E-state index is 0.0276. The van der Waals surface area contributed by atoms with Gasteiger partial charge in [-0.2, -0.15) is 0 Å². The number of hydrogen-bond acceptors (Lipinski definition) is 4. The monoisotopic (exact) mass is 249 g/mol. The van der Waals surface area contributed by atoms with Crippen molar-refractivity contribution in [3.8, 4) is 0 Å². The van der Waals surface area contributed by atoms with E-state index >= 15 is 0 Å². The molecule has 1 rings (SSSR count). The third kappa shape index (κ3) is 3.48. The summed E-state index contributed by atoms with van der Waals surface area (Å²) < 4.78 is 23.1. The van der Waals surface area contributed by atoms with Gasteiger partial charge in [0.05, 0.1) is 12.2 Å². The molecule has 1 heterocycles. The van der Waals surface area contributed by atoms with Crippen molar-refractivity contribution < 1.29 is 23.1 Å². The highest BCUT2D eigenvalue weighted by atomic mass is 32.2. The van der Waals surface area contributed by atoms with Crippen molar-refractivity contribution in [1.82, 2.24) is 5.32 Å². The van der Waals surface area contributed by atoms with E-state index in [-0.39, 0.29) is 18.7 Å². The molecule has 1 saturated heterocycles. The zero-order valence-corrected chi connectivity index (χ0v) is 9.62. The molecule has 0 bridgehead atoms. The summed E-state index contributed by atoms with van der Waals surface area (Å²) in [7, 11) is -3.33. The van der Waals surface area contributed by atoms with E-state index in [9.17, 15) is 18.0 Å². The molecule has 0 aromatic heterocycles. The van der Waals surface area contributed by atoms with Crippen LogP contribution in [0.1, 0.15) is 25.7 Å². The van der Waals surface area contributed by atoms with Crippen LogP contribution in [-0.4, -0.2) is 42.9 Å². The first-order chi connectivity index (χ1) is 7.43. The molecule has 92 valence electrons. The number of carboxylic acid groups (broad SMARTS) is 1. The summed E-state index contributed by atoms with van der Waals surface area (Å²) in [5.41, 5.74) is 0. The van der Waals surface area contributed by atoms with Gasteiger partial charge in [-0.15, -0.1) is 0 Å². The van der Waals surface area contributed by atoms with Crippen LogP contribution in [0.3, 0.4) is 0 Å². The summed E-state index contributed by atoms with van der Waals surface area (Å²) in [6.07, 6.45) is 1.46. The van der Waals surface area contributed by atoms with Crippen LogP contribution in [0.5, 0.6) is 0 Å². The number of nitrogens with one attached hydrogen (secondary N) is 1. The molecule has 2 N–H and O–H groups in total. The Bertz CT molecular complexity index is 375. The third-order valence-electron chi connectivity index (χ3n) is 2.51. The molecular weight excluding hydrogens is 234 g/mol. The van der Waals surface area contributed by atoms with Gasteiger partial charge >= 0.3 is 5.97 Å². The highest BCUT2D eigenvalue weighted by Gasteiger charge is 2.34. The van der Waals surface area contributed by atoms with Crippen molar-refractivity contribution >= 4 is 21.7 Å². The number of carbonyl (C=O) groups is 2. The second-order valence-corrected chi connectivity index (χ2v) is 6.09. The third-order valence-corrected chi connectivity index (χ3v) is 4.68. The maximum Gasteiger partial charge on any atom is 0.305 e. The minimum atomic E-state index is -3.33. The highest BCUT2D eigenvalue weighted by molar-refractivity contribution is 7.92. The van der Waals surface area contributed by atoms with Gasteiger partial charge in [0.15, 0.2) is 9.84 Å². The van der Waals surface area contributed by atoms with Crippen LogP contribution in [0.4, 0.5) is 0 Å². The molecule has 0 saturated carbocycles. The van der Waals surface area contributed by atoms with E-state index in [1.807, 2.05) is 0 Å². The fraction of sp³-hybridized carbons (Fsp3) is 0.778. The van der Waals surface area contributed by atoms with Crippen molar-refractivity contribution in [1.29, 1.82) is 0 Å². The number of sulfone groups is 1. The molecule has 1 aliphatic heterocycles. The molecule has 0 spiro atoms. The molecule has 1 amide bonds. The molecule has 1 fully saturated rings. The van der Waals surface area contributed by atoms with Crippen molar-refractivity contribution in [2.24, 2.45) is 0 Å². The SMILES string of the molecule is O=C(O)CCNC(=O)C1CCCCS1(=O)=O. The van der Waals surface area contributed by atoms with E-state index in [1.54, 1.807) is 0 Å². The summed E-state index contributed by atoms with van der Waals surface area (Å²) in [4.78, 5) is 21.7. The second kappa shape index (κ2) is 5.29. The van der Waals surface area contributed by atoms with Gasteiger partial charge in [-0.3, -0.25) is 9.59 Å². The quantitative estimate of drug-likeness (QED) is 0.702. The molecule has 1 atom stereocenters. The Morgan fingerprint density at radius 2 is 2.00 bits per heavy atom. The van der Waals surface area contributed by atoms with Gasteiger partial charge in [0.25, 0.3) is 0 Å². The van der Waals surface area contributed by atoms with Crippen LogP contribution >= 0.6 is 0 Å². The molecule has 0 aromatic carbocycles. The van der Waals surface area contributed by atoms with Crippen LogP contribution < -0.4 is 5.32 Å². The molecule has 1 aliphatic rings. The number of carboxylic acids is 1. The second-order valence-electron chi connectivity index (χ2n) is 3.79. The highest BCUT2D eigenvalue weighted by Crippen LogP contribution is 2.19. The van der Waals surface area contributed by atoms with Crippen molar-refractivity contribution in [3.63, 3.8) is 0 Å². The van der Waals surface area contributed by atoms with Gasteiger partial charge in [0, 0.05) is 6.54 Å². The van der Waals surface area contributed by atoms with Gasteiger partial charge in [0.1, 0.15) is 5.25 Å². The van der Waals surface area contributed by atoms with E-state index in [0.29, 0.717) is 12.8 Å². The number of carbonyl (C=O) groups excluding carboxylic acids is 1. The minimum Gasteiger partial charge on any atom is -0.481 e. The maximum absolute atomic E-state index is 11.5. The Balaban J connectivity index is 2.49. The standard InChI is InChI=1S/C9H15NO5S/c11-8(12)4-5-10-9(13)7-3-1-2-6-16(7,14)15/h7H,1-6H2,(H,10,13)(H,11,12). The van der Waals surface area contributed by atoms with Gasteiger partial charge < -0.3 is 10.4 Å². The maximum atomic E-state index is 11.5. The molecule has 0 aromatic rings. The number of rotatable bonds is 4. The van der Waals surface area contributed by atoms with Gasteiger partial charge in [-0.25, -0.2) is 8.42 Å². The van der Waals surface area contributed by atoms with Crippen molar-refractivity contribution in [3.05, 3.63) is 0 Å². The summed E-state index contributed by atoms with van der Waals surface area (Å²) in [5.74, 6) is -1.54. The van der Waals surface area contributed by atoms with Crippen LogP contribution in [-0.2, 0) is 19.4 Å². The first-order valence-electron chi connectivity index (χ1n) is 5.14. The predicted octanol–water partition coefficient (Wildman–Crippen LogP) is -0.455. The fourth-order valence-electron chi connectivity index (χ4n) is 1.66. The zero-order chi connectivity index (χ0) is 12.2. The van der Waals surface area contributed by atoms with Crippen LogP contribution in [0.25, 0.3) is 0 Å². The average Bonchev–Trinajstić information content (AvgIpc) is 2.16. The lowest BCUT2D eigenvalue weighted by Gasteiger charge is -2.21. The van der Waals surface area contributed by atoms with Gasteiger partial charge in [-0.1, -0.05) is 6.42 Å². The number of hydrogen-bond donors (Lipinski definition) is 2. The molecule has 16 heavy (non-hydrogen) atoms. The summed E-state index contributed by atoms with van der Waals surface area (Å²) in [6, 6.07) is 0. The molecular formula is C9H15NO5S. The first-order valence-corrected chi connectivity index (χ1v) is 6.86. The largest absolute Gasteiger partial charge is 0.481 e. The van der Waals surface area contributed by atoms with Crippen LogP contribution in [0.2, 0.25) is 0 Å². The van der Waals surface area contributed by atoms with Crippen molar-refractivity contribution in [2.45, 2.75) is 30.9 Å². The molecule has 1 unspecified atom stereocenters. The van der Waals surface area contributed by atoms with E-state index in [1.165, 1.54) is 0 Å². The van der Waals surface area contributed by atoms with Crippen molar-refractivity contribution in [2.75, 3.05) is 12.3 Å². The topological polar surface area (TPSA) is 101 Å². The Hall–Kier alpha value is -1.11. The Kier molecular flexibility index (Phi) is 4.28. The number of amides is 1. The lowest BCUT2D eigenvalue weighted by molar-refractivity contribution is -0.136. The zero-order valence-electron chi connectivity index (χ0n) is 8.81. The predicted molar refractivity (Wildman–Crippen MR) is 56.7 cm³/mol. The molecule has 6 nitrogen and oxygen atoms in total. The summed E-state index contributed by atoms with van der Waals surface area (Å²) in [6.45, 7) is -0.0276.